The van der Waals surface area contributed by atoms with Gasteiger partial charge in [0.2, 0.25) is 0 Å². The van der Waals surface area contributed by atoms with E-state index in [1.165, 1.54) is 12.1 Å². The summed E-state index contributed by atoms with van der Waals surface area (Å²) in [4.78, 5) is 11.3. The lowest BCUT2D eigenvalue weighted by atomic mass is 10.2. The lowest BCUT2D eigenvalue weighted by molar-refractivity contribution is -0.124. The average molecular weight is 394 g/mol. The number of hydrogen-bond donors (Lipinski definition) is 1. The molecule has 2 aromatic carbocycles. The Hall–Kier alpha value is -2.67. The summed E-state index contributed by atoms with van der Waals surface area (Å²) in [5, 5.41) is 7.62. The molecule has 1 amide bonds. The molecule has 0 aliphatic carbocycles. The molecule has 3 atom stereocenters. The summed E-state index contributed by atoms with van der Waals surface area (Å²) in [5.41, 5.74) is -0.509. The van der Waals surface area contributed by atoms with Gasteiger partial charge in [-0.25, -0.2) is 13.5 Å². The molecule has 27 heavy (non-hydrogen) atoms. The van der Waals surface area contributed by atoms with Gasteiger partial charge < -0.3 is 10.1 Å². The fourth-order valence-electron chi connectivity index (χ4n) is 2.59. The Morgan fingerprint density at radius 1 is 1.22 bits per heavy atom. The lowest BCUT2D eigenvalue weighted by Gasteiger charge is -2.22. The molecule has 0 bridgehead atoms. The molecule has 1 unspecified atom stereocenters. The van der Waals surface area contributed by atoms with Gasteiger partial charge in [0, 0.05) is 5.39 Å². The van der Waals surface area contributed by atoms with Crippen molar-refractivity contribution in [3.8, 4) is 11.4 Å². The van der Waals surface area contributed by atoms with Crippen LogP contribution in [-0.2, 0) is 4.79 Å². The smallest absolute Gasteiger partial charge is 0.270 e. The van der Waals surface area contributed by atoms with E-state index >= 15 is 0 Å². The Labute approximate surface area is 159 Å². The highest BCUT2D eigenvalue weighted by Crippen LogP contribution is 2.24. The van der Waals surface area contributed by atoms with Crippen LogP contribution < -0.4 is 10.1 Å². The molecule has 142 valence electrons. The number of fused-ring (bicyclic) bond motifs is 1. The number of benzene rings is 2. The van der Waals surface area contributed by atoms with Crippen molar-refractivity contribution in [1.29, 1.82) is 0 Å². The van der Waals surface area contributed by atoms with Crippen molar-refractivity contribution >= 4 is 28.4 Å². The third-order valence-electron chi connectivity index (χ3n) is 4.20. The van der Waals surface area contributed by atoms with E-state index in [2.05, 4.69) is 10.4 Å². The number of nitrogens with one attached hydrogen (secondary N) is 1. The van der Waals surface area contributed by atoms with E-state index in [9.17, 15) is 13.6 Å². The maximum atomic E-state index is 13.1. The van der Waals surface area contributed by atoms with Crippen LogP contribution in [0.4, 0.5) is 8.78 Å². The summed E-state index contributed by atoms with van der Waals surface area (Å²) >= 11 is 5.11. The Morgan fingerprint density at radius 2 is 1.93 bits per heavy atom. The minimum Gasteiger partial charge on any atom is -0.489 e. The maximum Gasteiger partial charge on any atom is 0.270 e. The Morgan fingerprint density at radius 3 is 2.59 bits per heavy atom. The predicted octanol–water partition coefficient (Wildman–Crippen LogP) is 3.97. The molecule has 8 heteroatoms. The van der Waals surface area contributed by atoms with Gasteiger partial charge in [-0.15, -0.1) is 0 Å². The molecular formula is C19H18ClF2N3O2. The molecule has 0 fully saturated rings. The first-order valence-electron chi connectivity index (χ1n) is 8.34. The van der Waals surface area contributed by atoms with Crippen LogP contribution in [0.25, 0.3) is 16.6 Å². The molecule has 1 heterocycles. The van der Waals surface area contributed by atoms with Gasteiger partial charge in [-0.1, -0.05) is 11.6 Å². The van der Waals surface area contributed by atoms with Gasteiger partial charge in [0.15, 0.2) is 0 Å². The van der Waals surface area contributed by atoms with Crippen LogP contribution in [0.5, 0.6) is 5.75 Å². The first kappa shape index (κ1) is 19.1. The van der Waals surface area contributed by atoms with Crippen LogP contribution in [0.15, 0.2) is 48.7 Å². The summed E-state index contributed by atoms with van der Waals surface area (Å²) in [6, 6.07) is 11.0. The van der Waals surface area contributed by atoms with Gasteiger partial charge in [-0.2, -0.15) is 5.10 Å². The third kappa shape index (κ3) is 4.36. The largest absolute Gasteiger partial charge is 0.489 e. The lowest BCUT2D eigenvalue weighted by Crippen LogP contribution is -2.44. The number of alkyl halides is 2. The predicted molar refractivity (Wildman–Crippen MR) is 99.5 cm³/mol. The highest BCUT2D eigenvalue weighted by molar-refractivity contribution is 6.29. The second-order valence-corrected chi connectivity index (χ2v) is 6.56. The summed E-state index contributed by atoms with van der Waals surface area (Å²) in [6.45, 7) is 3.46. The first-order chi connectivity index (χ1) is 12.8. The monoisotopic (exact) mass is 393 g/mol. The van der Waals surface area contributed by atoms with E-state index in [1.807, 2.05) is 12.1 Å². The molecule has 0 spiro atoms. The minimum atomic E-state index is -2.09. The van der Waals surface area contributed by atoms with E-state index < -0.39 is 23.7 Å². The second-order valence-electron chi connectivity index (χ2n) is 6.17. The number of nitrogens with zero attached hydrogens (tertiary/aromatic N) is 2. The Kier molecular flexibility index (Phi) is 5.60. The van der Waals surface area contributed by atoms with Gasteiger partial charge >= 0.3 is 0 Å². The Balaban J connectivity index is 1.75. The summed E-state index contributed by atoms with van der Waals surface area (Å²) in [7, 11) is 0. The molecule has 0 radical (unpaired) electrons. The molecular weight excluding hydrogens is 376 g/mol. The number of carbonyl (C=O) groups is 1. The normalized spacial score (nSPS) is 14.6. The van der Waals surface area contributed by atoms with E-state index in [1.54, 1.807) is 42.9 Å². The van der Waals surface area contributed by atoms with Crippen LogP contribution in [0.1, 0.15) is 13.8 Å². The van der Waals surface area contributed by atoms with E-state index in [-0.39, 0.29) is 5.82 Å². The first-order valence-corrected chi connectivity index (χ1v) is 8.77. The van der Waals surface area contributed by atoms with Crippen LogP contribution in [0.3, 0.4) is 0 Å². The van der Waals surface area contributed by atoms with Gasteiger partial charge in [-0.05, 0) is 56.3 Å². The van der Waals surface area contributed by atoms with Crippen molar-refractivity contribution in [3.63, 3.8) is 0 Å². The topological polar surface area (TPSA) is 56.1 Å². The highest BCUT2D eigenvalue weighted by Gasteiger charge is 2.21. The number of hydrogen-bond acceptors (Lipinski definition) is 3. The van der Waals surface area contributed by atoms with Crippen molar-refractivity contribution in [1.82, 2.24) is 15.1 Å². The number of carbonyl (C=O) groups excluding carboxylic acids is 1. The zero-order valence-corrected chi connectivity index (χ0v) is 15.5. The van der Waals surface area contributed by atoms with Gasteiger partial charge in [0.05, 0.1) is 23.4 Å². The van der Waals surface area contributed by atoms with Gasteiger partial charge in [-0.3, -0.25) is 4.79 Å². The standard InChI is InChI=1S/C19H18ClF2N3O2/c1-11(24-19(26)18(20)22)12(2)27-16-7-8-17-13(9-16)10-23-25(17)15-5-3-14(21)4-6-15/h3-12,18H,1-2H3,(H,24,26)/t11-,12+,18?/m0/s1. The molecule has 5 nitrogen and oxygen atoms in total. The van der Waals surface area contributed by atoms with Gasteiger partial charge in [0.1, 0.15) is 17.7 Å². The van der Waals surface area contributed by atoms with Crippen molar-refractivity contribution in [2.24, 2.45) is 0 Å². The third-order valence-corrected chi connectivity index (χ3v) is 4.40. The van der Waals surface area contributed by atoms with Crippen molar-refractivity contribution in [2.75, 3.05) is 0 Å². The van der Waals surface area contributed by atoms with Crippen LogP contribution in [0.2, 0.25) is 0 Å². The van der Waals surface area contributed by atoms with Crippen LogP contribution in [-0.4, -0.2) is 33.5 Å². The fraction of sp³-hybridized carbons (Fsp3) is 0.263. The number of aromatic nitrogens is 2. The Bertz CT molecular complexity index is 944. The maximum absolute atomic E-state index is 13.1. The molecule has 1 N–H and O–H groups in total. The molecule has 0 saturated carbocycles. The second kappa shape index (κ2) is 7.92. The molecule has 3 aromatic rings. The average Bonchev–Trinajstić information content (AvgIpc) is 3.05. The van der Waals surface area contributed by atoms with Crippen molar-refractivity contribution < 1.29 is 18.3 Å². The number of halogens is 3. The molecule has 1 aromatic heterocycles. The molecule has 0 saturated heterocycles. The van der Waals surface area contributed by atoms with Crippen molar-refractivity contribution in [2.45, 2.75) is 31.6 Å². The summed E-state index contributed by atoms with van der Waals surface area (Å²) in [5.74, 6) is -0.623. The van der Waals surface area contributed by atoms with E-state index in [4.69, 9.17) is 16.3 Å². The number of rotatable bonds is 6. The SMILES string of the molecule is C[C@H](NC(=O)C(F)Cl)[C@@H](C)Oc1ccc2c(cnn2-c2ccc(F)cc2)c1. The zero-order valence-electron chi connectivity index (χ0n) is 14.7. The van der Waals surface area contributed by atoms with Gasteiger partial charge in [0.25, 0.3) is 11.5 Å². The summed E-state index contributed by atoms with van der Waals surface area (Å²) in [6.07, 6.45) is 1.27. The minimum absolute atomic E-state index is 0.311. The van der Waals surface area contributed by atoms with E-state index in [0.717, 1.165) is 16.6 Å². The fourth-order valence-corrected chi connectivity index (χ4v) is 2.66. The quantitative estimate of drug-likeness (QED) is 0.645. The molecule has 0 aliphatic rings. The molecule has 0 aliphatic heterocycles. The summed E-state index contributed by atoms with van der Waals surface area (Å²) < 4.78 is 33.4. The highest BCUT2D eigenvalue weighted by atomic mass is 35.5. The van der Waals surface area contributed by atoms with Crippen LogP contribution >= 0.6 is 11.6 Å². The van der Waals surface area contributed by atoms with Crippen molar-refractivity contribution in [3.05, 3.63) is 54.5 Å². The number of ether oxygens (including phenoxy) is 1. The number of amides is 1. The van der Waals surface area contributed by atoms with Crippen LogP contribution in [0, 0.1) is 5.82 Å². The zero-order chi connectivity index (χ0) is 19.6. The molecule has 3 rings (SSSR count). The van der Waals surface area contributed by atoms with E-state index in [0.29, 0.717) is 5.75 Å².